The Morgan fingerprint density at radius 3 is 1.82 bits per heavy atom. The molecule has 6 nitrogen and oxygen atoms in total. The zero-order chi connectivity index (χ0) is 16.7. The highest BCUT2D eigenvalue weighted by Gasteiger charge is 2.48. The molecule has 0 aliphatic rings. The van der Waals surface area contributed by atoms with Gasteiger partial charge in [0, 0.05) is 24.7 Å². The van der Waals surface area contributed by atoms with E-state index in [9.17, 15) is 0 Å². The van der Waals surface area contributed by atoms with E-state index in [-0.39, 0.29) is 5.67 Å². The second-order valence-electron chi connectivity index (χ2n) is 5.18. The first kappa shape index (κ1) is 21.4. The summed E-state index contributed by atoms with van der Waals surface area (Å²) in [7, 11) is -2.94. The summed E-state index contributed by atoms with van der Waals surface area (Å²) in [6.07, 6.45) is 7.95. The van der Waals surface area contributed by atoms with Crippen LogP contribution in [0, 0.1) is 0 Å². The molecule has 0 rings (SSSR count). The van der Waals surface area contributed by atoms with Gasteiger partial charge in [0.25, 0.3) is 0 Å². The van der Waals surface area contributed by atoms with E-state index in [0.717, 1.165) is 19.3 Å². The van der Waals surface area contributed by atoms with Crippen molar-refractivity contribution in [2.24, 2.45) is 5.11 Å². The molecule has 0 aliphatic carbocycles. The predicted octanol–water partition coefficient (Wildman–Crippen LogP) is 5.00. The van der Waals surface area contributed by atoms with E-state index in [4.69, 9.17) is 18.8 Å². The minimum Gasteiger partial charge on any atom is -0.374 e. The first-order valence-electron chi connectivity index (χ1n) is 8.66. The summed E-state index contributed by atoms with van der Waals surface area (Å²) < 4.78 is 17.6. The summed E-state index contributed by atoms with van der Waals surface area (Å²) in [6, 6.07) is 0. The Hall–Kier alpha value is -0.593. The fraction of sp³-hybridized carbons (Fsp3) is 1.00. The van der Waals surface area contributed by atoms with Crippen LogP contribution in [0.5, 0.6) is 0 Å². The molecule has 0 spiro atoms. The molecule has 0 bridgehead atoms. The molecule has 0 aliphatic heterocycles. The quantitative estimate of drug-likeness (QED) is 0.139. The third-order valence-corrected chi connectivity index (χ3v) is 6.76. The molecule has 0 amide bonds. The highest BCUT2D eigenvalue weighted by molar-refractivity contribution is 6.62. The van der Waals surface area contributed by atoms with Crippen LogP contribution in [0.15, 0.2) is 5.11 Å². The van der Waals surface area contributed by atoms with Crippen LogP contribution in [0.1, 0.15) is 72.6 Å². The van der Waals surface area contributed by atoms with Crippen molar-refractivity contribution in [1.29, 1.82) is 0 Å². The number of hydrogen-bond donors (Lipinski definition) is 0. The SMILES string of the molecule is CCCCCCCCC(N=[N+]=[N-])[Si](OCC)(OCC)OCC. The summed E-state index contributed by atoms with van der Waals surface area (Å²) >= 11 is 0. The van der Waals surface area contributed by atoms with E-state index < -0.39 is 8.80 Å². The molecule has 0 radical (unpaired) electrons. The molecule has 130 valence electrons. The van der Waals surface area contributed by atoms with Crippen LogP contribution in [0.2, 0.25) is 0 Å². The summed E-state index contributed by atoms with van der Waals surface area (Å²) in [5, 5.41) is 3.95. The van der Waals surface area contributed by atoms with Gasteiger partial charge in [-0.1, -0.05) is 50.6 Å². The Bertz CT molecular complexity index is 295. The molecule has 0 aromatic heterocycles. The maximum absolute atomic E-state index is 8.89. The number of hydrogen-bond acceptors (Lipinski definition) is 4. The molecule has 1 atom stereocenters. The highest BCUT2D eigenvalue weighted by atomic mass is 28.4. The molecule has 1 unspecified atom stereocenters. The maximum atomic E-state index is 8.89. The second-order valence-corrected chi connectivity index (χ2v) is 7.92. The average Bonchev–Trinajstić information content (AvgIpc) is 2.50. The van der Waals surface area contributed by atoms with E-state index in [0.29, 0.717) is 19.8 Å². The normalized spacial score (nSPS) is 12.9. The van der Waals surface area contributed by atoms with Crippen LogP contribution in [-0.2, 0) is 13.3 Å². The van der Waals surface area contributed by atoms with Crippen LogP contribution in [0.3, 0.4) is 0 Å². The van der Waals surface area contributed by atoms with Crippen LogP contribution >= 0.6 is 0 Å². The molecular weight excluding hydrogens is 298 g/mol. The smallest absolute Gasteiger partial charge is 0.374 e. The summed E-state index contributed by atoms with van der Waals surface area (Å²) in [5.41, 5.74) is 8.56. The lowest BCUT2D eigenvalue weighted by Crippen LogP contribution is -2.55. The number of nitrogens with zero attached hydrogens (tertiary/aromatic N) is 3. The molecule has 7 heteroatoms. The van der Waals surface area contributed by atoms with Gasteiger partial charge in [-0.15, -0.1) is 0 Å². The van der Waals surface area contributed by atoms with Gasteiger partial charge in [-0.05, 0) is 32.7 Å². The molecular formula is C15H33N3O3Si. The molecule has 0 saturated heterocycles. The van der Waals surface area contributed by atoms with Crippen molar-refractivity contribution in [2.75, 3.05) is 19.8 Å². The van der Waals surface area contributed by atoms with Gasteiger partial charge in [0.15, 0.2) is 0 Å². The van der Waals surface area contributed by atoms with Gasteiger partial charge in [-0.2, -0.15) is 0 Å². The van der Waals surface area contributed by atoms with Gasteiger partial charge in [0.2, 0.25) is 0 Å². The first-order chi connectivity index (χ1) is 10.7. The Kier molecular flexibility index (Phi) is 13.6. The largest absolute Gasteiger partial charge is 0.510 e. The lowest BCUT2D eigenvalue weighted by Gasteiger charge is -2.33. The van der Waals surface area contributed by atoms with Crippen molar-refractivity contribution in [3.05, 3.63) is 10.4 Å². The van der Waals surface area contributed by atoms with E-state index >= 15 is 0 Å². The lowest BCUT2D eigenvalue weighted by molar-refractivity contribution is 0.0611. The number of azide groups is 1. The molecule has 0 aromatic carbocycles. The van der Waals surface area contributed by atoms with Gasteiger partial charge in [-0.25, -0.2) is 0 Å². The van der Waals surface area contributed by atoms with Crippen LogP contribution in [0.4, 0.5) is 0 Å². The van der Waals surface area contributed by atoms with E-state index in [1.165, 1.54) is 25.7 Å². The van der Waals surface area contributed by atoms with Crippen LogP contribution in [0.25, 0.3) is 10.4 Å². The van der Waals surface area contributed by atoms with Crippen molar-refractivity contribution in [3.63, 3.8) is 0 Å². The summed E-state index contributed by atoms with van der Waals surface area (Å²) in [5.74, 6) is 0. The van der Waals surface area contributed by atoms with Crippen LogP contribution < -0.4 is 0 Å². The zero-order valence-corrected chi connectivity index (χ0v) is 15.7. The third kappa shape index (κ3) is 8.15. The van der Waals surface area contributed by atoms with E-state index in [2.05, 4.69) is 16.9 Å². The summed E-state index contributed by atoms with van der Waals surface area (Å²) in [4.78, 5) is 3.00. The molecule has 22 heavy (non-hydrogen) atoms. The lowest BCUT2D eigenvalue weighted by atomic mass is 10.1. The third-order valence-electron chi connectivity index (χ3n) is 3.47. The predicted molar refractivity (Wildman–Crippen MR) is 91.6 cm³/mol. The fourth-order valence-corrected chi connectivity index (χ4v) is 5.29. The maximum Gasteiger partial charge on any atom is 0.510 e. The Morgan fingerprint density at radius 2 is 1.36 bits per heavy atom. The molecule has 0 N–H and O–H groups in total. The fourth-order valence-electron chi connectivity index (χ4n) is 2.50. The zero-order valence-electron chi connectivity index (χ0n) is 14.7. The van der Waals surface area contributed by atoms with Gasteiger partial charge in [0.05, 0.1) is 0 Å². The number of rotatable bonds is 15. The standard InChI is InChI=1S/C15H33N3O3Si/c1-5-9-10-11-12-13-14-15(17-18-16)22(19-6-2,20-7-3)21-8-4/h15H,5-14H2,1-4H3. The minimum atomic E-state index is -2.94. The molecule has 0 saturated carbocycles. The molecule has 0 fully saturated rings. The van der Waals surface area contributed by atoms with Gasteiger partial charge in [0.1, 0.15) is 5.67 Å². The average molecular weight is 332 g/mol. The van der Waals surface area contributed by atoms with Crippen LogP contribution in [-0.4, -0.2) is 34.3 Å². The Morgan fingerprint density at radius 1 is 0.864 bits per heavy atom. The van der Waals surface area contributed by atoms with Crippen molar-refractivity contribution >= 4 is 8.80 Å². The van der Waals surface area contributed by atoms with Crippen molar-refractivity contribution < 1.29 is 13.3 Å². The van der Waals surface area contributed by atoms with Crippen molar-refractivity contribution in [3.8, 4) is 0 Å². The topological polar surface area (TPSA) is 76.5 Å². The Balaban J connectivity index is 4.70. The molecule has 0 heterocycles. The molecule has 0 aromatic rings. The number of unbranched alkanes of at least 4 members (excludes halogenated alkanes) is 5. The van der Waals surface area contributed by atoms with Gasteiger partial charge >= 0.3 is 8.80 Å². The Labute approximate surface area is 136 Å². The first-order valence-corrected chi connectivity index (χ1v) is 10.5. The monoisotopic (exact) mass is 331 g/mol. The van der Waals surface area contributed by atoms with Crippen molar-refractivity contribution in [1.82, 2.24) is 0 Å². The highest BCUT2D eigenvalue weighted by Crippen LogP contribution is 2.23. The van der Waals surface area contributed by atoms with E-state index in [1.807, 2.05) is 20.8 Å². The second kappa shape index (κ2) is 14.0. The minimum absolute atomic E-state index is 0.330. The van der Waals surface area contributed by atoms with Crippen molar-refractivity contribution in [2.45, 2.75) is 78.3 Å². The summed E-state index contributed by atoms with van der Waals surface area (Å²) in [6.45, 7) is 9.46. The van der Waals surface area contributed by atoms with Gasteiger partial charge < -0.3 is 13.3 Å². The van der Waals surface area contributed by atoms with Gasteiger partial charge in [-0.3, -0.25) is 0 Å². The van der Waals surface area contributed by atoms with E-state index in [1.54, 1.807) is 0 Å².